The minimum atomic E-state index is -0.266. The predicted molar refractivity (Wildman–Crippen MR) is 110 cm³/mol. The van der Waals surface area contributed by atoms with Crippen molar-refractivity contribution < 1.29 is 4.42 Å². The average molecular weight is 357 g/mol. The Hall–Kier alpha value is -3.07. The molecule has 0 saturated heterocycles. The first-order chi connectivity index (χ1) is 13.3. The quantitative estimate of drug-likeness (QED) is 0.447. The molecule has 0 unspecified atom stereocenters. The van der Waals surface area contributed by atoms with Gasteiger partial charge in [-0.05, 0) is 22.8 Å². The van der Waals surface area contributed by atoms with Crippen LogP contribution in [0, 0.1) is 0 Å². The van der Waals surface area contributed by atoms with Crippen LogP contribution >= 0.6 is 0 Å². The molecule has 27 heavy (non-hydrogen) atoms. The van der Waals surface area contributed by atoms with Gasteiger partial charge in [0.05, 0.1) is 5.69 Å². The highest BCUT2D eigenvalue weighted by Crippen LogP contribution is 2.32. The highest BCUT2D eigenvalue weighted by atomic mass is 16.4. The summed E-state index contributed by atoms with van der Waals surface area (Å²) in [6, 6.07) is 24.7. The highest BCUT2D eigenvalue weighted by Gasteiger charge is 2.20. The Bertz CT molecular complexity index is 1100. The van der Waals surface area contributed by atoms with Crippen LogP contribution in [0.1, 0.15) is 31.1 Å². The van der Waals surface area contributed by atoms with Crippen LogP contribution in [0.2, 0.25) is 0 Å². The first-order valence-corrected chi connectivity index (χ1v) is 9.52. The van der Waals surface area contributed by atoms with E-state index in [-0.39, 0.29) is 5.76 Å². The lowest BCUT2D eigenvalue weighted by molar-refractivity contribution is 0.447. The SMILES string of the molecule is CCCCn1c(-c2cccc3ccccc23)c(Cc2ccccc2)oc1=O. The van der Waals surface area contributed by atoms with Gasteiger partial charge in [0.2, 0.25) is 0 Å². The normalized spacial score (nSPS) is 11.1. The summed E-state index contributed by atoms with van der Waals surface area (Å²) >= 11 is 0. The molecule has 0 amide bonds. The van der Waals surface area contributed by atoms with Crippen molar-refractivity contribution in [2.45, 2.75) is 32.7 Å². The maximum Gasteiger partial charge on any atom is 0.419 e. The topological polar surface area (TPSA) is 35.1 Å². The second kappa shape index (κ2) is 7.67. The van der Waals surface area contributed by atoms with E-state index in [1.165, 1.54) is 0 Å². The lowest BCUT2D eigenvalue weighted by Crippen LogP contribution is -2.15. The summed E-state index contributed by atoms with van der Waals surface area (Å²) in [5.41, 5.74) is 3.10. The van der Waals surface area contributed by atoms with Crippen molar-refractivity contribution in [2.75, 3.05) is 0 Å². The molecule has 0 spiro atoms. The van der Waals surface area contributed by atoms with Crippen LogP contribution in [0.3, 0.4) is 0 Å². The average Bonchev–Trinajstić information content (AvgIpc) is 3.01. The Balaban J connectivity index is 1.92. The summed E-state index contributed by atoms with van der Waals surface area (Å²) in [4.78, 5) is 12.7. The Kier molecular flexibility index (Phi) is 4.93. The molecule has 4 rings (SSSR count). The third-order valence-corrected chi connectivity index (χ3v) is 4.95. The first kappa shape index (κ1) is 17.3. The van der Waals surface area contributed by atoms with Crippen molar-refractivity contribution in [3.05, 3.63) is 94.7 Å². The first-order valence-electron chi connectivity index (χ1n) is 9.52. The number of fused-ring (bicyclic) bond motifs is 1. The molecule has 0 aliphatic heterocycles. The molecule has 0 saturated carbocycles. The lowest BCUT2D eigenvalue weighted by Gasteiger charge is -2.11. The van der Waals surface area contributed by atoms with E-state index in [1.54, 1.807) is 0 Å². The van der Waals surface area contributed by atoms with Gasteiger partial charge in [-0.1, -0.05) is 86.1 Å². The number of rotatable bonds is 6. The van der Waals surface area contributed by atoms with Crippen molar-refractivity contribution in [1.29, 1.82) is 0 Å². The lowest BCUT2D eigenvalue weighted by atomic mass is 9.99. The zero-order chi connectivity index (χ0) is 18.6. The van der Waals surface area contributed by atoms with Crippen molar-refractivity contribution in [3.63, 3.8) is 0 Å². The smallest absolute Gasteiger partial charge is 0.412 e. The molecular weight excluding hydrogens is 334 g/mol. The third kappa shape index (κ3) is 3.45. The summed E-state index contributed by atoms with van der Waals surface area (Å²) in [5, 5.41) is 2.30. The van der Waals surface area contributed by atoms with Crippen LogP contribution in [-0.2, 0) is 13.0 Å². The second-order valence-electron chi connectivity index (χ2n) is 6.83. The van der Waals surface area contributed by atoms with E-state index < -0.39 is 0 Å². The largest absolute Gasteiger partial charge is 0.419 e. The monoisotopic (exact) mass is 357 g/mol. The van der Waals surface area contributed by atoms with Gasteiger partial charge in [0.1, 0.15) is 5.76 Å². The molecule has 3 aromatic carbocycles. The summed E-state index contributed by atoms with van der Waals surface area (Å²) in [6.45, 7) is 2.81. The summed E-state index contributed by atoms with van der Waals surface area (Å²) in [7, 11) is 0. The zero-order valence-corrected chi connectivity index (χ0v) is 15.5. The maximum absolute atomic E-state index is 12.7. The number of hydrogen-bond acceptors (Lipinski definition) is 2. The van der Waals surface area contributed by atoms with E-state index in [0.717, 1.165) is 46.2 Å². The molecule has 3 nitrogen and oxygen atoms in total. The van der Waals surface area contributed by atoms with Crippen LogP contribution in [0.25, 0.3) is 22.0 Å². The number of unbranched alkanes of at least 4 members (excludes halogenated alkanes) is 1. The van der Waals surface area contributed by atoms with E-state index in [2.05, 4.69) is 43.3 Å². The maximum atomic E-state index is 12.7. The fraction of sp³-hybridized carbons (Fsp3) is 0.208. The van der Waals surface area contributed by atoms with Gasteiger partial charge in [-0.2, -0.15) is 0 Å². The number of oxazole rings is 1. The second-order valence-corrected chi connectivity index (χ2v) is 6.83. The van der Waals surface area contributed by atoms with Gasteiger partial charge in [0.15, 0.2) is 0 Å². The predicted octanol–water partition coefficient (Wildman–Crippen LogP) is 5.65. The van der Waals surface area contributed by atoms with Gasteiger partial charge >= 0.3 is 5.76 Å². The number of nitrogens with zero attached hydrogens (tertiary/aromatic N) is 1. The van der Waals surface area contributed by atoms with E-state index in [9.17, 15) is 4.79 Å². The molecule has 0 atom stereocenters. The molecular formula is C24H23NO2. The number of benzene rings is 3. The molecule has 0 radical (unpaired) electrons. The summed E-state index contributed by atoms with van der Waals surface area (Å²) in [6.07, 6.45) is 2.58. The van der Waals surface area contributed by atoms with Gasteiger partial charge in [0, 0.05) is 18.5 Å². The summed E-state index contributed by atoms with van der Waals surface area (Å²) in [5.74, 6) is 0.468. The van der Waals surface area contributed by atoms with Crippen molar-refractivity contribution in [3.8, 4) is 11.3 Å². The van der Waals surface area contributed by atoms with Gasteiger partial charge in [0.25, 0.3) is 0 Å². The molecule has 4 aromatic rings. The molecule has 0 N–H and O–H groups in total. The summed E-state index contributed by atoms with van der Waals surface area (Å²) < 4.78 is 7.57. The molecule has 3 heteroatoms. The van der Waals surface area contributed by atoms with E-state index >= 15 is 0 Å². The standard InChI is InChI=1S/C24H23NO2/c1-2-3-16-25-23(21-15-9-13-19-12-7-8-14-20(19)21)22(27-24(25)26)17-18-10-5-4-6-11-18/h4-15H,2-3,16-17H2,1H3. The Labute approximate surface area is 158 Å². The molecule has 0 aliphatic rings. The minimum Gasteiger partial charge on any atom is -0.412 e. The van der Waals surface area contributed by atoms with Crippen molar-refractivity contribution in [2.24, 2.45) is 0 Å². The van der Waals surface area contributed by atoms with Crippen molar-refractivity contribution >= 4 is 10.8 Å². The zero-order valence-electron chi connectivity index (χ0n) is 15.5. The van der Waals surface area contributed by atoms with Crippen LogP contribution in [0.4, 0.5) is 0 Å². The molecule has 0 aliphatic carbocycles. The highest BCUT2D eigenvalue weighted by molar-refractivity contribution is 5.96. The minimum absolute atomic E-state index is 0.266. The third-order valence-electron chi connectivity index (χ3n) is 4.95. The Morgan fingerprint density at radius 3 is 2.44 bits per heavy atom. The van der Waals surface area contributed by atoms with Gasteiger partial charge in [-0.3, -0.25) is 4.57 Å². The number of hydrogen-bond donors (Lipinski definition) is 0. The van der Waals surface area contributed by atoms with Gasteiger partial charge in [-0.15, -0.1) is 0 Å². The molecule has 0 bridgehead atoms. The van der Waals surface area contributed by atoms with Gasteiger partial charge < -0.3 is 4.42 Å². The molecule has 0 fully saturated rings. The number of aromatic nitrogens is 1. The van der Waals surface area contributed by atoms with Crippen LogP contribution in [0.5, 0.6) is 0 Å². The van der Waals surface area contributed by atoms with Crippen molar-refractivity contribution in [1.82, 2.24) is 4.57 Å². The van der Waals surface area contributed by atoms with E-state index in [0.29, 0.717) is 13.0 Å². The van der Waals surface area contributed by atoms with Crippen LogP contribution < -0.4 is 5.76 Å². The van der Waals surface area contributed by atoms with Crippen LogP contribution in [0.15, 0.2) is 82.0 Å². The molecule has 1 aromatic heterocycles. The fourth-order valence-electron chi connectivity index (χ4n) is 3.60. The molecule has 1 heterocycles. The Morgan fingerprint density at radius 1 is 0.889 bits per heavy atom. The van der Waals surface area contributed by atoms with E-state index in [4.69, 9.17) is 4.42 Å². The molecule has 136 valence electrons. The Morgan fingerprint density at radius 2 is 1.63 bits per heavy atom. The van der Waals surface area contributed by atoms with E-state index in [1.807, 2.05) is 41.0 Å². The van der Waals surface area contributed by atoms with Crippen LogP contribution in [-0.4, -0.2) is 4.57 Å². The van der Waals surface area contributed by atoms with Gasteiger partial charge in [-0.25, -0.2) is 4.79 Å². The fourth-order valence-corrected chi connectivity index (χ4v) is 3.60.